The van der Waals surface area contributed by atoms with Gasteiger partial charge in [-0.05, 0) is 5.56 Å². The van der Waals surface area contributed by atoms with Gasteiger partial charge in [-0.25, -0.2) is 0 Å². The third kappa shape index (κ3) is 4.80. The summed E-state index contributed by atoms with van der Waals surface area (Å²) in [5.41, 5.74) is 0.895. The SMILES string of the molecule is C=CCNCC(=O)NC(CO)c1ccccc1. The van der Waals surface area contributed by atoms with Crippen molar-refractivity contribution in [2.24, 2.45) is 0 Å². The van der Waals surface area contributed by atoms with Crippen LogP contribution in [0.4, 0.5) is 0 Å². The summed E-state index contributed by atoms with van der Waals surface area (Å²) in [6, 6.07) is 9.04. The minimum atomic E-state index is -0.353. The topological polar surface area (TPSA) is 61.4 Å². The van der Waals surface area contributed by atoms with E-state index in [1.165, 1.54) is 0 Å². The second-order valence-corrected chi connectivity index (χ2v) is 3.63. The Kier molecular flexibility index (Phi) is 5.99. The van der Waals surface area contributed by atoms with Crippen molar-refractivity contribution in [1.29, 1.82) is 0 Å². The number of benzene rings is 1. The molecule has 0 fully saturated rings. The first-order valence-electron chi connectivity index (χ1n) is 5.54. The molecule has 1 atom stereocenters. The molecule has 0 aromatic heterocycles. The first kappa shape index (κ1) is 13.4. The van der Waals surface area contributed by atoms with Gasteiger partial charge in [0.1, 0.15) is 0 Å². The van der Waals surface area contributed by atoms with Gasteiger partial charge in [0, 0.05) is 6.54 Å². The highest BCUT2D eigenvalue weighted by Gasteiger charge is 2.12. The molecule has 1 rings (SSSR count). The fourth-order valence-electron chi connectivity index (χ4n) is 1.45. The summed E-state index contributed by atoms with van der Waals surface area (Å²) in [6.07, 6.45) is 1.69. The summed E-state index contributed by atoms with van der Waals surface area (Å²) in [6.45, 7) is 4.24. The molecular weight excluding hydrogens is 216 g/mol. The predicted octanol–water partition coefficient (Wildman–Crippen LogP) is 0.612. The molecule has 0 saturated carbocycles. The van der Waals surface area contributed by atoms with E-state index in [4.69, 9.17) is 0 Å². The van der Waals surface area contributed by atoms with Crippen LogP contribution in [0.25, 0.3) is 0 Å². The number of amides is 1. The van der Waals surface area contributed by atoms with E-state index in [0.717, 1.165) is 5.56 Å². The molecule has 1 aromatic rings. The molecule has 1 unspecified atom stereocenters. The lowest BCUT2D eigenvalue weighted by Crippen LogP contribution is -2.37. The van der Waals surface area contributed by atoms with Crippen LogP contribution in [0.5, 0.6) is 0 Å². The van der Waals surface area contributed by atoms with Crippen LogP contribution < -0.4 is 10.6 Å². The van der Waals surface area contributed by atoms with E-state index in [0.29, 0.717) is 6.54 Å². The summed E-state index contributed by atoms with van der Waals surface area (Å²) in [4.78, 5) is 11.5. The Balaban J connectivity index is 2.47. The van der Waals surface area contributed by atoms with Gasteiger partial charge in [-0.15, -0.1) is 6.58 Å². The average Bonchev–Trinajstić information content (AvgIpc) is 2.37. The van der Waals surface area contributed by atoms with E-state index >= 15 is 0 Å². The lowest BCUT2D eigenvalue weighted by Gasteiger charge is -2.16. The summed E-state index contributed by atoms with van der Waals surface area (Å²) in [5.74, 6) is -0.144. The van der Waals surface area contributed by atoms with Crippen molar-refractivity contribution in [3.8, 4) is 0 Å². The van der Waals surface area contributed by atoms with Gasteiger partial charge in [0.25, 0.3) is 0 Å². The van der Waals surface area contributed by atoms with Gasteiger partial charge in [-0.3, -0.25) is 4.79 Å². The molecule has 0 saturated heterocycles. The highest BCUT2D eigenvalue weighted by atomic mass is 16.3. The molecule has 4 nitrogen and oxygen atoms in total. The van der Waals surface area contributed by atoms with Crippen LogP contribution in [0.2, 0.25) is 0 Å². The van der Waals surface area contributed by atoms with Gasteiger partial charge in [0.2, 0.25) is 5.91 Å². The second-order valence-electron chi connectivity index (χ2n) is 3.63. The largest absolute Gasteiger partial charge is 0.394 e. The number of rotatable bonds is 7. The number of carbonyl (C=O) groups excluding carboxylic acids is 1. The molecule has 0 aliphatic heterocycles. The van der Waals surface area contributed by atoms with Gasteiger partial charge < -0.3 is 15.7 Å². The van der Waals surface area contributed by atoms with E-state index < -0.39 is 0 Å². The number of hydrogen-bond donors (Lipinski definition) is 3. The number of hydrogen-bond acceptors (Lipinski definition) is 3. The van der Waals surface area contributed by atoms with E-state index in [1.54, 1.807) is 6.08 Å². The van der Waals surface area contributed by atoms with Crippen LogP contribution in [0.1, 0.15) is 11.6 Å². The predicted molar refractivity (Wildman–Crippen MR) is 67.5 cm³/mol. The Morgan fingerprint density at radius 3 is 2.71 bits per heavy atom. The van der Waals surface area contributed by atoms with Crippen molar-refractivity contribution in [2.75, 3.05) is 19.7 Å². The Morgan fingerprint density at radius 1 is 1.41 bits per heavy atom. The van der Waals surface area contributed by atoms with Gasteiger partial charge >= 0.3 is 0 Å². The smallest absolute Gasteiger partial charge is 0.234 e. The van der Waals surface area contributed by atoms with E-state index in [-0.39, 0.29) is 25.1 Å². The van der Waals surface area contributed by atoms with Crippen molar-refractivity contribution in [1.82, 2.24) is 10.6 Å². The van der Waals surface area contributed by atoms with Gasteiger partial charge in [-0.2, -0.15) is 0 Å². The number of carbonyl (C=O) groups is 1. The summed E-state index contributed by atoms with van der Waals surface area (Å²) in [5, 5.41) is 14.9. The summed E-state index contributed by atoms with van der Waals surface area (Å²) < 4.78 is 0. The monoisotopic (exact) mass is 234 g/mol. The lowest BCUT2D eigenvalue weighted by molar-refractivity contribution is -0.121. The zero-order chi connectivity index (χ0) is 12.5. The fraction of sp³-hybridized carbons (Fsp3) is 0.308. The third-order valence-corrected chi connectivity index (χ3v) is 2.29. The zero-order valence-electron chi connectivity index (χ0n) is 9.73. The van der Waals surface area contributed by atoms with Crippen molar-refractivity contribution in [2.45, 2.75) is 6.04 Å². The average molecular weight is 234 g/mol. The van der Waals surface area contributed by atoms with Crippen molar-refractivity contribution in [3.05, 3.63) is 48.6 Å². The lowest BCUT2D eigenvalue weighted by atomic mass is 10.1. The minimum absolute atomic E-state index is 0.114. The molecule has 3 N–H and O–H groups in total. The standard InChI is InChI=1S/C13H18N2O2/c1-2-8-14-9-13(17)15-12(10-16)11-6-4-3-5-7-11/h2-7,12,14,16H,1,8-10H2,(H,15,17). The second kappa shape index (κ2) is 7.60. The molecule has 4 heteroatoms. The Hall–Kier alpha value is -1.65. The number of aliphatic hydroxyl groups excluding tert-OH is 1. The summed E-state index contributed by atoms with van der Waals surface area (Å²) in [7, 11) is 0. The van der Waals surface area contributed by atoms with Crippen LogP contribution in [0.3, 0.4) is 0 Å². The molecule has 1 amide bonds. The first-order valence-corrected chi connectivity index (χ1v) is 5.54. The van der Waals surface area contributed by atoms with E-state index in [1.807, 2.05) is 30.3 Å². The first-order chi connectivity index (χ1) is 8.27. The Bertz CT molecular complexity index is 352. The Morgan fingerprint density at radius 2 is 2.12 bits per heavy atom. The maximum absolute atomic E-state index is 11.5. The molecule has 0 bridgehead atoms. The minimum Gasteiger partial charge on any atom is -0.394 e. The van der Waals surface area contributed by atoms with Crippen LogP contribution in [-0.2, 0) is 4.79 Å². The quantitative estimate of drug-likeness (QED) is 0.478. The van der Waals surface area contributed by atoms with Crippen LogP contribution in [-0.4, -0.2) is 30.7 Å². The molecule has 0 radical (unpaired) electrons. The normalized spacial score (nSPS) is 11.8. The molecule has 0 spiro atoms. The van der Waals surface area contributed by atoms with E-state index in [9.17, 15) is 9.90 Å². The fourth-order valence-corrected chi connectivity index (χ4v) is 1.45. The van der Waals surface area contributed by atoms with Crippen LogP contribution >= 0.6 is 0 Å². The molecule has 1 aromatic carbocycles. The van der Waals surface area contributed by atoms with Crippen LogP contribution in [0, 0.1) is 0 Å². The van der Waals surface area contributed by atoms with Crippen molar-refractivity contribution < 1.29 is 9.90 Å². The van der Waals surface area contributed by atoms with Crippen molar-refractivity contribution >= 4 is 5.91 Å². The molecule has 17 heavy (non-hydrogen) atoms. The number of aliphatic hydroxyl groups is 1. The van der Waals surface area contributed by atoms with Gasteiger partial charge in [-0.1, -0.05) is 36.4 Å². The highest BCUT2D eigenvalue weighted by Crippen LogP contribution is 2.10. The highest BCUT2D eigenvalue weighted by molar-refractivity contribution is 5.78. The summed E-state index contributed by atoms with van der Waals surface area (Å²) >= 11 is 0. The molecule has 0 aliphatic carbocycles. The third-order valence-electron chi connectivity index (χ3n) is 2.29. The molecule has 0 heterocycles. The number of nitrogens with one attached hydrogen (secondary N) is 2. The molecular formula is C13H18N2O2. The zero-order valence-corrected chi connectivity index (χ0v) is 9.73. The maximum Gasteiger partial charge on any atom is 0.234 e. The van der Waals surface area contributed by atoms with Crippen molar-refractivity contribution in [3.63, 3.8) is 0 Å². The maximum atomic E-state index is 11.5. The van der Waals surface area contributed by atoms with Gasteiger partial charge in [0.15, 0.2) is 0 Å². The Labute approximate surface area is 101 Å². The van der Waals surface area contributed by atoms with Gasteiger partial charge in [0.05, 0.1) is 19.2 Å². The molecule has 0 aliphatic rings. The molecule has 92 valence electrons. The van der Waals surface area contributed by atoms with E-state index in [2.05, 4.69) is 17.2 Å². The van der Waals surface area contributed by atoms with Crippen LogP contribution in [0.15, 0.2) is 43.0 Å².